The third-order valence-electron chi connectivity index (χ3n) is 4.94. The maximum Gasteiger partial charge on any atom is 0.196 e. The smallest absolute Gasteiger partial charge is 0.196 e. The SMILES string of the molecule is CCC1CCC2(CC1)CN=C(N)N2c1ccc(Cl)cc1. The highest BCUT2D eigenvalue weighted by Gasteiger charge is 2.45. The second kappa shape index (κ2) is 5.28. The Morgan fingerprint density at radius 3 is 2.55 bits per heavy atom. The lowest BCUT2D eigenvalue weighted by Gasteiger charge is -2.44. The molecule has 0 saturated heterocycles. The van der Waals surface area contributed by atoms with Crippen LogP contribution in [-0.4, -0.2) is 18.0 Å². The Hall–Kier alpha value is -1.22. The Kier molecular flexibility index (Phi) is 3.63. The highest BCUT2D eigenvalue weighted by Crippen LogP contribution is 2.42. The van der Waals surface area contributed by atoms with Gasteiger partial charge in [-0.15, -0.1) is 0 Å². The first kappa shape index (κ1) is 13.7. The third-order valence-corrected chi connectivity index (χ3v) is 5.19. The van der Waals surface area contributed by atoms with Crippen LogP contribution in [0.3, 0.4) is 0 Å². The van der Waals surface area contributed by atoms with E-state index < -0.39 is 0 Å². The molecule has 1 aliphatic heterocycles. The Labute approximate surface area is 125 Å². The van der Waals surface area contributed by atoms with Crippen molar-refractivity contribution in [2.75, 3.05) is 11.4 Å². The lowest BCUT2D eigenvalue weighted by molar-refractivity contribution is 0.244. The van der Waals surface area contributed by atoms with Crippen LogP contribution < -0.4 is 10.6 Å². The van der Waals surface area contributed by atoms with Gasteiger partial charge >= 0.3 is 0 Å². The van der Waals surface area contributed by atoms with E-state index in [1.165, 1.54) is 32.1 Å². The molecule has 1 spiro atoms. The largest absolute Gasteiger partial charge is 0.369 e. The van der Waals surface area contributed by atoms with Crippen molar-refractivity contribution < 1.29 is 0 Å². The predicted octanol–water partition coefficient (Wildman–Crippen LogP) is 3.81. The molecule has 0 atom stereocenters. The first-order valence-corrected chi connectivity index (χ1v) is 7.88. The predicted molar refractivity (Wildman–Crippen MR) is 85.4 cm³/mol. The zero-order chi connectivity index (χ0) is 14.2. The molecule has 0 unspecified atom stereocenters. The van der Waals surface area contributed by atoms with Crippen molar-refractivity contribution in [3.8, 4) is 0 Å². The van der Waals surface area contributed by atoms with Crippen LogP contribution in [-0.2, 0) is 0 Å². The van der Waals surface area contributed by atoms with Crippen LogP contribution in [0.25, 0.3) is 0 Å². The van der Waals surface area contributed by atoms with E-state index in [1.807, 2.05) is 24.3 Å². The molecular weight excluding hydrogens is 270 g/mol. The lowest BCUT2D eigenvalue weighted by Crippen LogP contribution is -2.53. The van der Waals surface area contributed by atoms with Crippen molar-refractivity contribution in [1.29, 1.82) is 0 Å². The summed E-state index contributed by atoms with van der Waals surface area (Å²) in [5.41, 5.74) is 7.38. The monoisotopic (exact) mass is 291 g/mol. The van der Waals surface area contributed by atoms with Crippen molar-refractivity contribution in [3.63, 3.8) is 0 Å². The summed E-state index contributed by atoms with van der Waals surface area (Å²) in [5, 5.41) is 0.757. The number of nitrogens with two attached hydrogens (primary N) is 1. The van der Waals surface area contributed by atoms with E-state index in [9.17, 15) is 0 Å². The van der Waals surface area contributed by atoms with Crippen LogP contribution in [0.1, 0.15) is 39.0 Å². The number of benzene rings is 1. The van der Waals surface area contributed by atoms with Gasteiger partial charge in [-0.2, -0.15) is 0 Å². The fraction of sp³-hybridized carbons (Fsp3) is 0.562. The van der Waals surface area contributed by atoms with E-state index in [0.29, 0.717) is 5.96 Å². The first-order chi connectivity index (χ1) is 9.64. The van der Waals surface area contributed by atoms with E-state index in [-0.39, 0.29) is 5.54 Å². The summed E-state index contributed by atoms with van der Waals surface area (Å²) in [7, 11) is 0. The molecule has 4 heteroatoms. The topological polar surface area (TPSA) is 41.6 Å². The number of halogens is 1. The van der Waals surface area contributed by atoms with E-state index in [1.54, 1.807) is 0 Å². The number of anilines is 1. The van der Waals surface area contributed by atoms with Crippen LogP contribution in [0.2, 0.25) is 5.02 Å². The molecule has 2 N–H and O–H groups in total. The average molecular weight is 292 g/mol. The van der Waals surface area contributed by atoms with Gasteiger partial charge in [0.05, 0.1) is 12.1 Å². The van der Waals surface area contributed by atoms with Gasteiger partial charge in [-0.05, 0) is 55.9 Å². The molecular formula is C16H22ClN3. The zero-order valence-corrected chi connectivity index (χ0v) is 12.7. The maximum atomic E-state index is 6.16. The maximum absolute atomic E-state index is 6.16. The molecule has 108 valence electrons. The summed E-state index contributed by atoms with van der Waals surface area (Å²) in [6.45, 7) is 3.12. The second-order valence-corrected chi connectivity index (χ2v) is 6.50. The Morgan fingerprint density at radius 2 is 1.95 bits per heavy atom. The highest BCUT2D eigenvalue weighted by atomic mass is 35.5. The summed E-state index contributed by atoms with van der Waals surface area (Å²) in [6, 6.07) is 7.94. The van der Waals surface area contributed by atoms with E-state index in [2.05, 4.69) is 16.8 Å². The van der Waals surface area contributed by atoms with Crippen LogP contribution in [0.5, 0.6) is 0 Å². The van der Waals surface area contributed by atoms with Crippen molar-refractivity contribution >= 4 is 23.2 Å². The molecule has 1 aliphatic carbocycles. The quantitative estimate of drug-likeness (QED) is 0.900. The van der Waals surface area contributed by atoms with Gasteiger partial charge in [-0.3, -0.25) is 4.99 Å². The van der Waals surface area contributed by atoms with Crippen LogP contribution >= 0.6 is 11.6 Å². The molecule has 1 aromatic rings. The van der Waals surface area contributed by atoms with Gasteiger partial charge in [0.25, 0.3) is 0 Å². The van der Waals surface area contributed by atoms with Crippen LogP contribution in [0.4, 0.5) is 5.69 Å². The highest BCUT2D eigenvalue weighted by molar-refractivity contribution is 6.30. The summed E-state index contributed by atoms with van der Waals surface area (Å²) in [6.07, 6.45) is 6.21. The molecule has 2 aliphatic rings. The minimum Gasteiger partial charge on any atom is -0.369 e. The van der Waals surface area contributed by atoms with Gasteiger partial charge < -0.3 is 10.6 Å². The fourth-order valence-corrected chi connectivity index (χ4v) is 3.74. The number of nitrogens with zero attached hydrogens (tertiary/aromatic N) is 2. The second-order valence-electron chi connectivity index (χ2n) is 6.06. The summed E-state index contributed by atoms with van der Waals surface area (Å²) < 4.78 is 0. The summed E-state index contributed by atoms with van der Waals surface area (Å²) in [5.74, 6) is 1.52. The van der Waals surface area contributed by atoms with Crippen molar-refractivity contribution in [2.45, 2.75) is 44.6 Å². The van der Waals surface area contributed by atoms with Crippen molar-refractivity contribution in [1.82, 2.24) is 0 Å². The number of aliphatic imine (C=N–C) groups is 1. The first-order valence-electron chi connectivity index (χ1n) is 7.50. The molecule has 1 saturated carbocycles. The van der Waals surface area contributed by atoms with Crippen molar-refractivity contribution in [2.24, 2.45) is 16.6 Å². The van der Waals surface area contributed by atoms with E-state index >= 15 is 0 Å². The molecule has 3 rings (SSSR count). The molecule has 1 fully saturated rings. The number of hydrogen-bond acceptors (Lipinski definition) is 3. The number of hydrogen-bond donors (Lipinski definition) is 1. The number of guanidine groups is 1. The molecule has 0 amide bonds. The van der Waals surface area contributed by atoms with Gasteiger partial charge in [-0.25, -0.2) is 0 Å². The Morgan fingerprint density at radius 1 is 1.30 bits per heavy atom. The Bertz CT molecular complexity index is 501. The average Bonchev–Trinajstić information content (AvgIpc) is 2.78. The Balaban J connectivity index is 1.87. The van der Waals surface area contributed by atoms with Crippen LogP contribution in [0, 0.1) is 5.92 Å². The van der Waals surface area contributed by atoms with Gasteiger partial charge in [0.15, 0.2) is 5.96 Å². The van der Waals surface area contributed by atoms with E-state index in [0.717, 1.165) is 23.2 Å². The number of rotatable bonds is 2. The lowest BCUT2D eigenvalue weighted by atomic mass is 9.75. The third kappa shape index (κ3) is 2.28. The molecule has 3 nitrogen and oxygen atoms in total. The van der Waals surface area contributed by atoms with Crippen molar-refractivity contribution in [3.05, 3.63) is 29.3 Å². The molecule has 1 aromatic carbocycles. The zero-order valence-electron chi connectivity index (χ0n) is 12.0. The summed E-state index contributed by atoms with van der Waals surface area (Å²) in [4.78, 5) is 6.78. The van der Waals surface area contributed by atoms with Gasteiger partial charge in [0.2, 0.25) is 0 Å². The minimum atomic E-state index is 0.101. The van der Waals surface area contributed by atoms with Gasteiger partial charge in [0.1, 0.15) is 0 Å². The fourth-order valence-electron chi connectivity index (χ4n) is 3.61. The minimum absolute atomic E-state index is 0.101. The molecule has 1 heterocycles. The summed E-state index contributed by atoms with van der Waals surface area (Å²) >= 11 is 5.99. The standard InChI is InChI=1S/C16H22ClN3/c1-2-12-7-9-16(10-8-12)11-19-15(18)20(16)14-5-3-13(17)4-6-14/h3-6,12H,2,7-11H2,1H3,(H2,18,19). The normalized spacial score (nSPS) is 29.8. The van der Waals surface area contributed by atoms with E-state index in [4.69, 9.17) is 17.3 Å². The van der Waals surface area contributed by atoms with Gasteiger partial charge in [-0.1, -0.05) is 24.9 Å². The molecule has 0 aromatic heterocycles. The molecule has 20 heavy (non-hydrogen) atoms. The molecule has 0 radical (unpaired) electrons. The van der Waals surface area contributed by atoms with Crippen LogP contribution in [0.15, 0.2) is 29.3 Å². The van der Waals surface area contributed by atoms with Gasteiger partial charge in [0, 0.05) is 10.7 Å². The molecule has 0 bridgehead atoms.